The van der Waals surface area contributed by atoms with Crippen molar-refractivity contribution < 1.29 is 4.79 Å². The molecule has 1 heterocycles. The van der Waals surface area contributed by atoms with Gasteiger partial charge in [-0.2, -0.15) is 0 Å². The molecule has 1 rings (SSSR count). The van der Waals surface area contributed by atoms with Gasteiger partial charge in [0.25, 0.3) is 5.91 Å². The Morgan fingerprint density at radius 1 is 1.56 bits per heavy atom. The van der Waals surface area contributed by atoms with Crippen molar-refractivity contribution in [3.63, 3.8) is 0 Å². The standard InChI is InChI=1S/C13H18N2OS2/c1-3-5-6-7-8-9-14-12(16)11-10-15-13(18-11)17-4-2/h10H,4,6-9H2,1-2H3,(H,14,16). The van der Waals surface area contributed by atoms with Gasteiger partial charge in [-0.05, 0) is 25.5 Å². The van der Waals surface area contributed by atoms with Crippen LogP contribution >= 0.6 is 23.1 Å². The normalized spacial score (nSPS) is 9.67. The molecule has 0 radical (unpaired) electrons. The molecule has 0 bridgehead atoms. The van der Waals surface area contributed by atoms with Crippen LogP contribution in [0.3, 0.4) is 0 Å². The maximum absolute atomic E-state index is 11.8. The van der Waals surface area contributed by atoms with Gasteiger partial charge in [0.1, 0.15) is 4.88 Å². The molecular weight excluding hydrogens is 264 g/mol. The molecule has 0 spiro atoms. The molecule has 0 fully saturated rings. The van der Waals surface area contributed by atoms with Gasteiger partial charge in [-0.25, -0.2) is 4.98 Å². The molecule has 1 aromatic heterocycles. The van der Waals surface area contributed by atoms with Crippen molar-refractivity contribution in [1.29, 1.82) is 0 Å². The second kappa shape index (κ2) is 9.01. The van der Waals surface area contributed by atoms with Gasteiger partial charge in [-0.1, -0.05) is 18.7 Å². The lowest BCUT2D eigenvalue weighted by Crippen LogP contribution is -2.23. The van der Waals surface area contributed by atoms with Gasteiger partial charge in [0.15, 0.2) is 4.34 Å². The second-order valence-corrected chi connectivity index (χ2v) is 6.11. The smallest absolute Gasteiger partial charge is 0.263 e. The van der Waals surface area contributed by atoms with Crippen molar-refractivity contribution in [3.8, 4) is 11.8 Å². The average molecular weight is 282 g/mol. The van der Waals surface area contributed by atoms with E-state index < -0.39 is 0 Å². The molecule has 5 heteroatoms. The fourth-order valence-electron chi connectivity index (χ4n) is 1.31. The van der Waals surface area contributed by atoms with Crippen molar-refractivity contribution in [2.24, 2.45) is 0 Å². The third-order valence-corrected chi connectivity index (χ3v) is 4.20. The largest absolute Gasteiger partial charge is 0.351 e. The third-order valence-electron chi connectivity index (χ3n) is 2.17. The Balaban J connectivity index is 2.24. The Kier molecular flexibility index (Phi) is 7.54. The van der Waals surface area contributed by atoms with E-state index in [1.165, 1.54) is 11.3 Å². The van der Waals surface area contributed by atoms with Crippen LogP contribution in [0.4, 0.5) is 0 Å². The maximum atomic E-state index is 11.8. The monoisotopic (exact) mass is 282 g/mol. The molecule has 0 saturated carbocycles. The van der Waals surface area contributed by atoms with Crippen molar-refractivity contribution >= 4 is 29.0 Å². The molecule has 18 heavy (non-hydrogen) atoms. The van der Waals surface area contributed by atoms with Crippen molar-refractivity contribution in [2.75, 3.05) is 12.3 Å². The molecule has 1 N–H and O–H groups in total. The van der Waals surface area contributed by atoms with Crippen LogP contribution in [0.5, 0.6) is 0 Å². The average Bonchev–Trinajstić information content (AvgIpc) is 2.82. The number of thiazole rings is 1. The molecule has 0 aliphatic rings. The lowest BCUT2D eigenvalue weighted by molar-refractivity contribution is 0.0957. The van der Waals surface area contributed by atoms with Crippen LogP contribution in [0, 0.1) is 11.8 Å². The minimum atomic E-state index is -0.0166. The molecule has 0 atom stereocenters. The van der Waals surface area contributed by atoms with Crippen LogP contribution in [-0.2, 0) is 0 Å². The predicted molar refractivity (Wildman–Crippen MR) is 78.1 cm³/mol. The van der Waals surface area contributed by atoms with Crippen molar-refractivity contribution in [2.45, 2.75) is 37.4 Å². The van der Waals surface area contributed by atoms with Gasteiger partial charge in [0, 0.05) is 13.0 Å². The zero-order chi connectivity index (χ0) is 13.2. The molecular formula is C13H18N2OS2. The van der Waals surface area contributed by atoms with E-state index in [0.29, 0.717) is 11.4 Å². The Hall–Kier alpha value is -0.990. The summed E-state index contributed by atoms with van der Waals surface area (Å²) in [4.78, 5) is 16.7. The SMILES string of the molecule is CC#CCCCCNC(=O)c1cnc(SCC)s1. The Labute approximate surface area is 117 Å². The lowest BCUT2D eigenvalue weighted by atomic mass is 10.2. The van der Waals surface area contributed by atoms with E-state index in [-0.39, 0.29) is 5.91 Å². The van der Waals surface area contributed by atoms with Gasteiger partial charge < -0.3 is 5.32 Å². The molecule has 0 unspecified atom stereocenters. The summed E-state index contributed by atoms with van der Waals surface area (Å²) >= 11 is 3.12. The number of hydrogen-bond acceptors (Lipinski definition) is 4. The third kappa shape index (κ3) is 5.56. The molecule has 0 saturated heterocycles. The van der Waals surface area contributed by atoms with Crippen LogP contribution < -0.4 is 5.32 Å². The van der Waals surface area contributed by atoms with Gasteiger partial charge in [0.05, 0.1) is 6.20 Å². The highest BCUT2D eigenvalue weighted by atomic mass is 32.2. The van der Waals surface area contributed by atoms with E-state index in [2.05, 4.69) is 29.1 Å². The summed E-state index contributed by atoms with van der Waals surface area (Å²) in [7, 11) is 0. The lowest BCUT2D eigenvalue weighted by Gasteiger charge is -2.01. The first-order valence-corrected chi connectivity index (χ1v) is 7.84. The molecule has 0 aliphatic carbocycles. The summed E-state index contributed by atoms with van der Waals surface area (Å²) in [5.41, 5.74) is 0. The molecule has 1 amide bonds. The number of carbonyl (C=O) groups is 1. The van der Waals surface area contributed by atoms with E-state index >= 15 is 0 Å². The number of unbranched alkanes of at least 4 members (excludes halogenated alkanes) is 2. The number of rotatable bonds is 7. The Bertz CT molecular complexity index is 432. The van der Waals surface area contributed by atoms with Crippen LogP contribution in [0.2, 0.25) is 0 Å². The van der Waals surface area contributed by atoms with Crippen molar-refractivity contribution in [3.05, 3.63) is 11.1 Å². The summed E-state index contributed by atoms with van der Waals surface area (Å²) in [6.07, 6.45) is 4.56. The minimum Gasteiger partial charge on any atom is -0.351 e. The fraction of sp³-hybridized carbons (Fsp3) is 0.538. The molecule has 0 aromatic carbocycles. The number of hydrogen-bond donors (Lipinski definition) is 1. The maximum Gasteiger partial charge on any atom is 0.263 e. The molecule has 3 nitrogen and oxygen atoms in total. The Morgan fingerprint density at radius 2 is 2.39 bits per heavy atom. The zero-order valence-corrected chi connectivity index (χ0v) is 12.4. The number of amides is 1. The number of thioether (sulfide) groups is 1. The summed E-state index contributed by atoms with van der Waals surface area (Å²) < 4.78 is 0.959. The van der Waals surface area contributed by atoms with Gasteiger partial charge in [-0.15, -0.1) is 23.2 Å². The number of nitrogens with zero attached hydrogens (tertiary/aromatic N) is 1. The van der Waals surface area contributed by atoms with E-state index in [4.69, 9.17) is 0 Å². The van der Waals surface area contributed by atoms with Crippen LogP contribution in [0.25, 0.3) is 0 Å². The van der Waals surface area contributed by atoms with Gasteiger partial charge in [-0.3, -0.25) is 4.79 Å². The molecule has 98 valence electrons. The molecule has 0 aliphatic heterocycles. The van der Waals surface area contributed by atoms with E-state index in [1.807, 2.05) is 6.92 Å². The highest BCUT2D eigenvalue weighted by Gasteiger charge is 2.09. The van der Waals surface area contributed by atoms with Crippen LogP contribution in [-0.4, -0.2) is 23.2 Å². The summed E-state index contributed by atoms with van der Waals surface area (Å²) in [6.45, 7) is 4.63. The first-order valence-electron chi connectivity index (χ1n) is 6.04. The number of nitrogens with one attached hydrogen (secondary N) is 1. The number of aromatic nitrogens is 1. The van der Waals surface area contributed by atoms with E-state index in [0.717, 1.165) is 29.4 Å². The summed E-state index contributed by atoms with van der Waals surface area (Å²) in [6, 6.07) is 0. The first-order chi connectivity index (χ1) is 8.77. The summed E-state index contributed by atoms with van der Waals surface area (Å²) in [5.74, 6) is 6.84. The Morgan fingerprint density at radius 3 is 3.11 bits per heavy atom. The predicted octanol–water partition coefficient (Wildman–Crippen LogP) is 3.18. The molecule has 1 aromatic rings. The number of carbonyl (C=O) groups excluding carboxylic acids is 1. The van der Waals surface area contributed by atoms with Crippen LogP contribution in [0.15, 0.2) is 10.5 Å². The summed E-state index contributed by atoms with van der Waals surface area (Å²) in [5, 5.41) is 2.91. The fourth-order valence-corrected chi connectivity index (χ4v) is 3.10. The topological polar surface area (TPSA) is 42.0 Å². The minimum absolute atomic E-state index is 0.0166. The van der Waals surface area contributed by atoms with E-state index in [1.54, 1.807) is 18.0 Å². The first kappa shape index (κ1) is 15.1. The van der Waals surface area contributed by atoms with E-state index in [9.17, 15) is 4.79 Å². The quantitative estimate of drug-likeness (QED) is 0.474. The highest BCUT2D eigenvalue weighted by Crippen LogP contribution is 2.23. The second-order valence-electron chi connectivity index (χ2n) is 3.56. The van der Waals surface area contributed by atoms with Gasteiger partial charge >= 0.3 is 0 Å². The zero-order valence-electron chi connectivity index (χ0n) is 10.8. The van der Waals surface area contributed by atoms with Crippen molar-refractivity contribution in [1.82, 2.24) is 10.3 Å². The van der Waals surface area contributed by atoms with Crippen LogP contribution in [0.1, 0.15) is 42.8 Å². The van der Waals surface area contributed by atoms with Gasteiger partial charge in [0.2, 0.25) is 0 Å². The highest BCUT2D eigenvalue weighted by molar-refractivity contribution is 8.01.